The lowest BCUT2D eigenvalue weighted by atomic mass is 10.0. The summed E-state index contributed by atoms with van der Waals surface area (Å²) in [6.45, 7) is 3.56. The summed E-state index contributed by atoms with van der Waals surface area (Å²) in [4.78, 5) is 11.7. The topological polar surface area (TPSA) is 31.2 Å². The van der Waals surface area contributed by atoms with Crippen molar-refractivity contribution in [2.75, 3.05) is 13.2 Å². The average molecular weight is 311 g/mol. The van der Waals surface area contributed by atoms with Gasteiger partial charge in [0.15, 0.2) is 0 Å². The van der Waals surface area contributed by atoms with Gasteiger partial charge in [-0.25, -0.2) is 0 Å². The second-order valence-corrected chi connectivity index (χ2v) is 5.72. The van der Waals surface area contributed by atoms with Gasteiger partial charge in [0, 0.05) is 36.2 Å². The molecule has 0 spiro atoms. The monoisotopic (exact) mass is 311 g/mol. The van der Waals surface area contributed by atoms with E-state index in [-0.39, 0.29) is 11.5 Å². The quantitative estimate of drug-likeness (QED) is 0.809. The van der Waals surface area contributed by atoms with Crippen molar-refractivity contribution in [1.82, 2.24) is 4.57 Å². The Kier molecular flexibility index (Phi) is 3.72. The van der Waals surface area contributed by atoms with Crippen molar-refractivity contribution in [3.8, 4) is 0 Å². The van der Waals surface area contributed by atoms with Crippen LogP contribution in [0.5, 0.6) is 0 Å². The average Bonchev–Trinajstić information content (AvgIpc) is 3.06. The molecule has 1 fully saturated rings. The first-order valence-corrected chi connectivity index (χ1v) is 7.15. The number of aryl methyl sites for hydroxylation is 1. The van der Waals surface area contributed by atoms with Crippen LogP contribution in [0.15, 0.2) is 24.4 Å². The van der Waals surface area contributed by atoms with E-state index in [9.17, 15) is 18.0 Å². The van der Waals surface area contributed by atoms with Crippen molar-refractivity contribution < 1.29 is 22.7 Å². The minimum atomic E-state index is -4.86. The van der Waals surface area contributed by atoms with Crippen molar-refractivity contribution in [2.45, 2.75) is 26.1 Å². The van der Waals surface area contributed by atoms with Gasteiger partial charge in [-0.15, -0.1) is 0 Å². The number of halogens is 3. The Morgan fingerprint density at radius 1 is 1.41 bits per heavy atom. The van der Waals surface area contributed by atoms with E-state index in [1.165, 1.54) is 6.20 Å². The first-order chi connectivity index (χ1) is 10.4. The zero-order valence-corrected chi connectivity index (χ0v) is 12.1. The highest BCUT2D eigenvalue weighted by Gasteiger charge is 2.41. The highest BCUT2D eigenvalue weighted by atomic mass is 19.4. The summed E-state index contributed by atoms with van der Waals surface area (Å²) < 4.78 is 45.6. The summed E-state index contributed by atoms with van der Waals surface area (Å²) in [7, 11) is 0. The van der Waals surface area contributed by atoms with Crippen LogP contribution < -0.4 is 0 Å². The lowest BCUT2D eigenvalue weighted by molar-refractivity contribution is -0.0884. The van der Waals surface area contributed by atoms with E-state index in [0.29, 0.717) is 36.2 Å². The number of hydrogen-bond acceptors (Lipinski definition) is 2. The summed E-state index contributed by atoms with van der Waals surface area (Å²) >= 11 is 0. The molecule has 1 aromatic heterocycles. The van der Waals surface area contributed by atoms with E-state index in [1.807, 2.05) is 0 Å². The fourth-order valence-corrected chi connectivity index (χ4v) is 3.01. The molecule has 1 aliphatic rings. The molecule has 1 unspecified atom stereocenters. The minimum absolute atomic E-state index is 0.264. The van der Waals surface area contributed by atoms with Gasteiger partial charge in [0.1, 0.15) is 0 Å². The molecule has 0 N–H and O–H groups in total. The number of ketones is 1. The highest BCUT2D eigenvalue weighted by Crippen LogP contribution is 2.31. The number of hydrogen-bond donors (Lipinski definition) is 0. The number of carbonyl (C=O) groups excluding carboxylic acids is 1. The maximum Gasteiger partial charge on any atom is 0.454 e. The standard InChI is InChI=1S/C16H16F3NO2/c1-10-3-2-4-13-14(10)12(15(21)16(17,18)19)8-20(13)7-11-5-6-22-9-11/h2-4,8,11H,5-7,9H2,1H3. The van der Waals surface area contributed by atoms with Crippen LogP contribution in [-0.2, 0) is 11.3 Å². The second kappa shape index (κ2) is 5.43. The maximum absolute atomic E-state index is 12.8. The number of fused-ring (bicyclic) bond motifs is 1. The predicted octanol–water partition coefficient (Wildman–Crippen LogP) is 3.73. The van der Waals surface area contributed by atoms with Gasteiger partial charge >= 0.3 is 6.18 Å². The maximum atomic E-state index is 12.8. The lowest BCUT2D eigenvalue weighted by Gasteiger charge is -2.10. The lowest BCUT2D eigenvalue weighted by Crippen LogP contribution is -2.22. The molecule has 0 aliphatic carbocycles. The van der Waals surface area contributed by atoms with Crippen LogP contribution in [0.25, 0.3) is 10.9 Å². The van der Waals surface area contributed by atoms with Gasteiger partial charge in [-0.3, -0.25) is 4.79 Å². The molecule has 0 saturated carbocycles. The van der Waals surface area contributed by atoms with E-state index in [4.69, 9.17) is 4.74 Å². The molecule has 22 heavy (non-hydrogen) atoms. The first kappa shape index (κ1) is 15.1. The number of nitrogens with zero attached hydrogens (tertiary/aromatic N) is 1. The second-order valence-electron chi connectivity index (χ2n) is 5.72. The molecule has 1 atom stereocenters. The smallest absolute Gasteiger partial charge is 0.381 e. The Morgan fingerprint density at radius 2 is 2.18 bits per heavy atom. The molecule has 1 aliphatic heterocycles. The third kappa shape index (κ3) is 2.63. The van der Waals surface area contributed by atoms with Crippen molar-refractivity contribution in [2.24, 2.45) is 5.92 Å². The fourth-order valence-electron chi connectivity index (χ4n) is 3.01. The summed E-state index contributed by atoms with van der Waals surface area (Å²) in [6.07, 6.45) is -2.64. The van der Waals surface area contributed by atoms with Crippen LogP contribution in [0, 0.1) is 12.8 Å². The van der Waals surface area contributed by atoms with E-state index in [0.717, 1.165) is 6.42 Å². The van der Waals surface area contributed by atoms with Crippen molar-refractivity contribution in [1.29, 1.82) is 0 Å². The molecule has 3 rings (SSSR count). The van der Waals surface area contributed by atoms with Crippen LogP contribution >= 0.6 is 0 Å². The molecule has 0 amide bonds. The van der Waals surface area contributed by atoms with Gasteiger partial charge in [0.2, 0.25) is 0 Å². The first-order valence-electron chi connectivity index (χ1n) is 7.15. The summed E-state index contributed by atoms with van der Waals surface area (Å²) in [5.74, 6) is -1.52. The molecule has 3 nitrogen and oxygen atoms in total. The van der Waals surface area contributed by atoms with Crippen LogP contribution in [0.4, 0.5) is 13.2 Å². The fraction of sp³-hybridized carbons (Fsp3) is 0.438. The van der Waals surface area contributed by atoms with Crippen LogP contribution in [0.1, 0.15) is 22.3 Å². The van der Waals surface area contributed by atoms with Crippen LogP contribution in [0.3, 0.4) is 0 Å². The number of rotatable bonds is 3. The Morgan fingerprint density at radius 3 is 2.82 bits per heavy atom. The molecule has 2 heterocycles. The number of carbonyl (C=O) groups is 1. The van der Waals surface area contributed by atoms with E-state index >= 15 is 0 Å². The molecular weight excluding hydrogens is 295 g/mol. The highest BCUT2D eigenvalue weighted by molar-refractivity contribution is 6.11. The molecule has 6 heteroatoms. The number of aromatic nitrogens is 1. The number of Topliss-reactive ketones (excluding diaryl/α,β-unsaturated/α-hetero) is 1. The van der Waals surface area contributed by atoms with Crippen molar-refractivity contribution >= 4 is 16.7 Å². The van der Waals surface area contributed by atoms with Gasteiger partial charge in [-0.2, -0.15) is 13.2 Å². The van der Waals surface area contributed by atoms with Crippen LogP contribution in [0.2, 0.25) is 0 Å². The molecule has 1 aromatic carbocycles. The molecule has 0 radical (unpaired) electrons. The van der Waals surface area contributed by atoms with Crippen molar-refractivity contribution in [3.63, 3.8) is 0 Å². The summed E-state index contributed by atoms with van der Waals surface area (Å²) in [5.41, 5.74) is 1.07. The molecular formula is C16H16F3NO2. The molecule has 2 aromatic rings. The van der Waals surface area contributed by atoms with Crippen molar-refractivity contribution in [3.05, 3.63) is 35.5 Å². The number of ether oxygens (including phenoxy) is 1. The SMILES string of the molecule is Cc1cccc2c1c(C(=O)C(F)(F)F)cn2CC1CCOC1. The Balaban J connectivity index is 2.10. The summed E-state index contributed by atoms with van der Waals surface area (Å²) in [6, 6.07) is 5.27. The van der Waals surface area contributed by atoms with E-state index in [1.54, 1.807) is 29.7 Å². The Bertz CT molecular complexity index is 712. The van der Waals surface area contributed by atoms with E-state index < -0.39 is 12.0 Å². The van der Waals surface area contributed by atoms with Gasteiger partial charge in [-0.05, 0) is 25.0 Å². The minimum Gasteiger partial charge on any atom is -0.381 e. The normalized spacial score (nSPS) is 19.0. The van der Waals surface area contributed by atoms with Gasteiger partial charge in [-0.1, -0.05) is 12.1 Å². The van der Waals surface area contributed by atoms with Crippen LogP contribution in [-0.4, -0.2) is 29.7 Å². The zero-order valence-electron chi connectivity index (χ0n) is 12.1. The molecule has 1 saturated heterocycles. The number of alkyl halides is 3. The molecule has 118 valence electrons. The van der Waals surface area contributed by atoms with Gasteiger partial charge in [0.05, 0.1) is 12.2 Å². The Hall–Kier alpha value is -1.82. The molecule has 0 bridgehead atoms. The predicted molar refractivity (Wildman–Crippen MR) is 76.0 cm³/mol. The number of benzene rings is 1. The third-order valence-corrected chi connectivity index (χ3v) is 4.10. The van der Waals surface area contributed by atoms with E-state index in [2.05, 4.69) is 0 Å². The third-order valence-electron chi connectivity index (χ3n) is 4.10. The van der Waals surface area contributed by atoms with Gasteiger partial charge < -0.3 is 9.30 Å². The van der Waals surface area contributed by atoms with Gasteiger partial charge in [0.25, 0.3) is 5.78 Å². The largest absolute Gasteiger partial charge is 0.454 e. The summed E-state index contributed by atoms with van der Waals surface area (Å²) in [5, 5.41) is 0.392. The zero-order chi connectivity index (χ0) is 15.9. The Labute approximate surface area is 125 Å².